The molecule has 1 aliphatic rings. The number of nitrogens with one attached hydrogen (secondary N) is 1. The Bertz CT molecular complexity index is 1170. The highest BCUT2D eigenvalue weighted by atomic mass is 32.2. The Balaban J connectivity index is 1.53. The normalized spacial score (nSPS) is 13.9. The number of H-pyrrole nitrogens is 1. The van der Waals surface area contributed by atoms with Crippen molar-refractivity contribution >= 4 is 28.4 Å². The number of benzene rings is 3. The molecular weight excluding hydrogens is 382 g/mol. The predicted octanol–water partition coefficient (Wildman–Crippen LogP) is 5.66. The molecule has 4 nitrogen and oxygen atoms in total. The number of carbonyl (C=O) groups is 1. The van der Waals surface area contributed by atoms with Crippen molar-refractivity contribution in [3.63, 3.8) is 0 Å². The monoisotopic (exact) mass is 401 g/mol. The summed E-state index contributed by atoms with van der Waals surface area (Å²) in [4.78, 5) is 17.8. The van der Waals surface area contributed by atoms with Gasteiger partial charge in [-0.3, -0.25) is 4.79 Å². The SMILES string of the molecule is O=C(c1c[nH]c2ccccc12)[C@@H](Sc1ccc2c(c1)OCCO2)c1ccccc1. The molecule has 1 atom stereocenters. The van der Waals surface area contributed by atoms with Crippen molar-refractivity contribution in [2.45, 2.75) is 10.1 Å². The van der Waals surface area contributed by atoms with Crippen LogP contribution in [0.5, 0.6) is 11.5 Å². The Labute approximate surface area is 172 Å². The van der Waals surface area contributed by atoms with Gasteiger partial charge < -0.3 is 14.5 Å². The zero-order valence-corrected chi connectivity index (χ0v) is 16.4. The standard InChI is InChI=1S/C24H19NO3S/c26-23(19-15-25-20-9-5-4-8-18(19)20)24(16-6-2-1-3-7-16)29-17-10-11-21-22(14-17)28-13-12-27-21/h1-11,14-15,24-25H,12-13H2/t24-/m0/s1. The Morgan fingerprint density at radius 3 is 2.52 bits per heavy atom. The van der Waals surface area contributed by atoms with Gasteiger partial charge in [0.2, 0.25) is 0 Å². The Morgan fingerprint density at radius 1 is 0.897 bits per heavy atom. The van der Waals surface area contributed by atoms with E-state index < -0.39 is 0 Å². The molecule has 144 valence electrons. The predicted molar refractivity (Wildman–Crippen MR) is 115 cm³/mol. The van der Waals surface area contributed by atoms with Crippen molar-refractivity contribution < 1.29 is 14.3 Å². The van der Waals surface area contributed by atoms with E-state index in [2.05, 4.69) is 4.98 Å². The highest BCUT2D eigenvalue weighted by Gasteiger charge is 2.26. The van der Waals surface area contributed by atoms with Crippen LogP contribution in [0, 0.1) is 0 Å². The second-order valence-electron chi connectivity index (χ2n) is 6.83. The third kappa shape index (κ3) is 3.49. The summed E-state index contributed by atoms with van der Waals surface area (Å²) in [5, 5.41) is 0.583. The van der Waals surface area contributed by atoms with Crippen molar-refractivity contribution in [3.8, 4) is 11.5 Å². The minimum absolute atomic E-state index is 0.0774. The van der Waals surface area contributed by atoms with Gasteiger partial charge in [0.15, 0.2) is 17.3 Å². The van der Waals surface area contributed by atoms with Gasteiger partial charge in [0, 0.05) is 27.6 Å². The van der Waals surface area contributed by atoms with E-state index in [1.54, 1.807) is 0 Å². The van der Waals surface area contributed by atoms with E-state index in [0.29, 0.717) is 18.8 Å². The van der Waals surface area contributed by atoms with E-state index in [4.69, 9.17) is 9.47 Å². The molecule has 1 aliphatic heterocycles. The maximum absolute atomic E-state index is 13.6. The number of fused-ring (bicyclic) bond motifs is 2. The molecule has 29 heavy (non-hydrogen) atoms. The van der Waals surface area contributed by atoms with Crippen LogP contribution in [0.15, 0.2) is 83.9 Å². The van der Waals surface area contributed by atoms with Gasteiger partial charge in [0.05, 0.1) is 5.25 Å². The van der Waals surface area contributed by atoms with Crippen molar-refractivity contribution in [3.05, 3.63) is 90.1 Å². The van der Waals surface area contributed by atoms with Gasteiger partial charge in [-0.15, -0.1) is 11.8 Å². The number of para-hydroxylation sites is 1. The number of thioether (sulfide) groups is 1. The van der Waals surface area contributed by atoms with Crippen LogP contribution in [-0.4, -0.2) is 24.0 Å². The number of Topliss-reactive ketones (excluding diaryl/α,β-unsaturated/α-hetero) is 1. The highest BCUT2D eigenvalue weighted by molar-refractivity contribution is 8.00. The van der Waals surface area contributed by atoms with Gasteiger partial charge in [-0.2, -0.15) is 0 Å². The summed E-state index contributed by atoms with van der Waals surface area (Å²) < 4.78 is 11.3. The number of rotatable bonds is 5. The number of carbonyl (C=O) groups excluding carboxylic acids is 1. The van der Waals surface area contributed by atoms with E-state index in [0.717, 1.165) is 32.9 Å². The number of aromatic amines is 1. The fraction of sp³-hybridized carbons (Fsp3) is 0.125. The maximum Gasteiger partial charge on any atom is 0.182 e. The second kappa shape index (κ2) is 7.68. The molecule has 3 aromatic carbocycles. The van der Waals surface area contributed by atoms with Crippen LogP contribution in [-0.2, 0) is 0 Å². The van der Waals surface area contributed by atoms with Gasteiger partial charge in [-0.1, -0.05) is 48.5 Å². The fourth-order valence-corrected chi connectivity index (χ4v) is 4.67. The molecule has 0 saturated heterocycles. The topological polar surface area (TPSA) is 51.3 Å². The van der Waals surface area contributed by atoms with Crippen LogP contribution >= 0.6 is 11.8 Å². The van der Waals surface area contributed by atoms with Crippen LogP contribution in [0.1, 0.15) is 21.2 Å². The number of ether oxygens (including phenoxy) is 2. The van der Waals surface area contributed by atoms with Crippen molar-refractivity contribution in [2.24, 2.45) is 0 Å². The first-order chi connectivity index (χ1) is 14.3. The molecule has 0 amide bonds. The van der Waals surface area contributed by atoms with E-state index in [1.807, 2.05) is 79.0 Å². The summed E-state index contributed by atoms with van der Waals surface area (Å²) in [6.07, 6.45) is 1.81. The number of hydrogen-bond donors (Lipinski definition) is 1. The molecule has 0 saturated carbocycles. The second-order valence-corrected chi connectivity index (χ2v) is 8.00. The highest BCUT2D eigenvalue weighted by Crippen LogP contribution is 2.42. The quantitative estimate of drug-likeness (QED) is 0.346. The van der Waals surface area contributed by atoms with Gasteiger partial charge >= 0.3 is 0 Å². The lowest BCUT2D eigenvalue weighted by molar-refractivity contribution is 0.0991. The number of aromatic nitrogens is 1. The lowest BCUT2D eigenvalue weighted by atomic mass is 10.0. The third-order valence-corrected chi connectivity index (χ3v) is 6.21. The van der Waals surface area contributed by atoms with E-state index in [-0.39, 0.29) is 11.0 Å². The molecule has 0 bridgehead atoms. The molecule has 2 heterocycles. The Morgan fingerprint density at radius 2 is 1.66 bits per heavy atom. The summed E-state index contributed by atoms with van der Waals surface area (Å²) in [6, 6.07) is 23.6. The van der Waals surface area contributed by atoms with Gasteiger partial charge in [-0.25, -0.2) is 0 Å². The molecular formula is C24H19NO3S. The van der Waals surface area contributed by atoms with Crippen LogP contribution in [0.25, 0.3) is 10.9 Å². The first-order valence-electron chi connectivity index (χ1n) is 9.51. The Hall–Kier alpha value is -3.18. The first-order valence-corrected chi connectivity index (χ1v) is 10.4. The van der Waals surface area contributed by atoms with E-state index >= 15 is 0 Å². The van der Waals surface area contributed by atoms with Crippen LogP contribution < -0.4 is 9.47 Å². The van der Waals surface area contributed by atoms with Crippen molar-refractivity contribution in [1.82, 2.24) is 4.98 Å². The van der Waals surface area contributed by atoms with Crippen molar-refractivity contribution in [2.75, 3.05) is 13.2 Å². The van der Waals surface area contributed by atoms with Crippen molar-refractivity contribution in [1.29, 1.82) is 0 Å². The molecule has 1 N–H and O–H groups in total. The van der Waals surface area contributed by atoms with E-state index in [1.165, 1.54) is 11.8 Å². The smallest absolute Gasteiger partial charge is 0.182 e. The van der Waals surface area contributed by atoms with Gasteiger partial charge in [0.1, 0.15) is 13.2 Å². The first kappa shape index (κ1) is 17.9. The number of hydrogen-bond acceptors (Lipinski definition) is 4. The summed E-state index contributed by atoms with van der Waals surface area (Å²) in [5.41, 5.74) is 2.65. The molecule has 0 spiro atoms. The average molecular weight is 401 g/mol. The van der Waals surface area contributed by atoms with E-state index in [9.17, 15) is 4.79 Å². The molecule has 5 rings (SSSR count). The molecule has 0 fully saturated rings. The van der Waals surface area contributed by atoms with Crippen LogP contribution in [0.4, 0.5) is 0 Å². The van der Waals surface area contributed by atoms with Crippen LogP contribution in [0.3, 0.4) is 0 Å². The third-order valence-electron chi connectivity index (χ3n) is 4.96. The average Bonchev–Trinajstić information content (AvgIpc) is 3.22. The summed E-state index contributed by atoms with van der Waals surface area (Å²) >= 11 is 1.53. The number of ketones is 1. The van der Waals surface area contributed by atoms with Gasteiger partial charge in [-0.05, 0) is 29.8 Å². The minimum Gasteiger partial charge on any atom is -0.486 e. The lowest BCUT2D eigenvalue weighted by Gasteiger charge is -2.20. The molecule has 0 aliphatic carbocycles. The van der Waals surface area contributed by atoms with Crippen LogP contribution in [0.2, 0.25) is 0 Å². The maximum atomic E-state index is 13.6. The summed E-state index contributed by atoms with van der Waals surface area (Å²) in [5.74, 6) is 1.56. The molecule has 5 heteroatoms. The summed E-state index contributed by atoms with van der Waals surface area (Å²) in [6.45, 7) is 1.10. The zero-order valence-electron chi connectivity index (χ0n) is 15.6. The molecule has 0 radical (unpaired) electrons. The largest absolute Gasteiger partial charge is 0.486 e. The summed E-state index contributed by atoms with van der Waals surface area (Å²) in [7, 11) is 0. The zero-order chi connectivity index (χ0) is 19.6. The molecule has 1 aromatic heterocycles. The molecule has 4 aromatic rings. The van der Waals surface area contributed by atoms with Gasteiger partial charge in [0.25, 0.3) is 0 Å². The fourth-order valence-electron chi connectivity index (χ4n) is 3.55. The molecule has 0 unspecified atom stereocenters. The Kier molecular flexibility index (Phi) is 4.74. The minimum atomic E-state index is -0.363. The lowest BCUT2D eigenvalue weighted by Crippen LogP contribution is -2.15.